The molecule has 12 heteroatoms. The number of nitrogens with one attached hydrogen (secondary N) is 3. The van der Waals surface area contributed by atoms with E-state index in [4.69, 9.17) is 4.42 Å². The van der Waals surface area contributed by atoms with E-state index < -0.39 is 17.7 Å². The van der Waals surface area contributed by atoms with Crippen molar-refractivity contribution in [2.45, 2.75) is 0 Å². The third-order valence-corrected chi connectivity index (χ3v) is 6.08. The molecule has 0 radical (unpaired) electrons. The molecule has 5 aromatic rings. The summed E-state index contributed by atoms with van der Waals surface area (Å²) in [5.41, 5.74) is 4.35. The molecule has 3 N–H and O–H groups in total. The molecule has 0 saturated heterocycles. The highest BCUT2D eigenvalue weighted by molar-refractivity contribution is 6.20. The second kappa shape index (κ2) is 12.0. The number of amidine groups is 1. The first-order chi connectivity index (χ1) is 21.0. The molecule has 0 bridgehead atoms. The van der Waals surface area contributed by atoms with Gasteiger partial charge in [0.2, 0.25) is 17.8 Å². The second-order valence-corrected chi connectivity index (χ2v) is 9.05. The van der Waals surface area contributed by atoms with Gasteiger partial charge in [-0.05, 0) is 36.4 Å². The maximum Gasteiger partial charge on any atom is 0.297 e. The number of amides is 3. The van der Waals surface area contributed by atoms with Gasteiger partial charge < -0.3 is 4.42 Å². The van der Waals surface area contributed by atoms with E-state index >= 15 is 0 Å². The van der Waals surface area contributed by atoms with E-state index in [1.807, 2.05) is 18.2 Å². The lowest BCUT2D eigenvalue weighted by Gasteiger charge is -2.19. The summed E-state index contributed by atoms with van der Waals surface area (Å²) in [4.78, 5) is 56.7. The highest BCUT2D eigenvalue weighted by Crippen LogP contribution is 2.23. The van der Waals surface area contributed by atoms with Gasteiger partial charge in [0.1, 0.15) is 11.5 Å². The molecule has 0 aliphatic carbocycles. The molecule has 0 atom stereocenters. The molecular formula is C31H22N8O4. The summed E-state index contributed by atoms with van der Waals surface area (Å²) in [5.74, 6) is -1.22. The fourth-order valence-corrected chi connectivity index (χ4v) is 4.07. The summed E-state index contributed by atoms with van der Waals surface area (Å²) >= 11 is 0. The zero-order valence-electron chi connectivity index (χ0n) is 22.3. The number of carbonyl (C=O) groups excluding carboxylic acids is 3. The number of carbonyl (C=O) groups is 3. The van der Waals surface area contributed by atoms with Crippen LogP contribution in [0.2, 0.25) is 0 Å². The van der Waals surface area contributed by atoms with Crippen molar-refractivity contribution in [3.8, 4) is 0 Å². The number of aromatic nitrogens is 3. The number of nitrogens with zero attached hydrogens (tertiary/aromatic N) is 5. The summed E-state index contributed by atoms with van der Waals surface area (Å²) in [6, 6.07) is 29.4. The number of furan rings is 1. The Morgan fingerprint density at radius 1 is 0.674 bits per heavy atom. The Morgan fingerprint density at radius 2 is 1.21 bits per heavy atom. The maximum atomic E-state index is 13.5. The molecule has 2 aromatic heterocycles. The fourth-order valence-electron chi connectivity index (χ4n) is 4.07. The first-order valence-electron chi connectivity index (χ1n) is 13.0. The van der Waals surface area contributed by atoms with Gasteiger partial charge in [-0.15, -0.1) is 0 Å². The van der Waals surface area contributed by atoms with Gasteiger partial charge in [0, 0.05) is 22.8 Å². The van der Waals surface area contributed by atoms with Crippen LogP contribution in [-0.4, -0.2) is 43.5 Å². The number of aliphatic imine (C=N–C) groups is 1. The number of hydrogen-bond acceptors (Lipinski definition) is 9. The number of rotatable bonds is 8. The van der Waals surface area contributed by atoms with Gasteiger partial charge in [0.05, 0.1) is 6.26 Å². The van der Waals surface area contributed by atoms with Crippen LogP contribution in [0.3, 0.4) is 0 Å². The van der Waals surface area contributed by atoms with Crippen molar-refractivity contribution in [2.24, 2.45) is 4.99 Å². The molecule has 1 aliphatic heterocycles. The predicted molar refractivity (Wildman–Crippen MR) is 159 cm³/mol. The van der Waals surface area contributed by atoms with E-state index in [0.29, 0.717) is 22.5 Å². The highest BCUT2D eigenvalue weighted by Gasteiger charge is 2.33. The Morgan fingerprint density at radius 3 is 1.74 bits per heavy atom. The summed E-state index contributed by atoms with van der Waals surface area (Å²) in [5, 5.41) is 6.41. The van der Waals surface area contributed by atoms with Crippen LogP contribution < -0.4 is 16.1 Å². The molecule has 6 rings (SSSR count). The maximum absolute atomic E-state index is 13.5. The van der Waals surface area contributed by atoms with Crippen LogP contribution in [0.5, 0.6) is 0 Å². The van der Waals surface area contributed by atoms with Gasteiger partial charge in [-0.2, -0.15) is 20.0 Å². The SMILES string of the molecule is O=C(Nc1nc(NC(=O)c2ccccc2)nc(NN2C(=O)/C(=C\c3ccco3)N=C2c2ccccc2)n1)c1ccccc1. The van der Waals surface area contributed by atoms with Gasteiger partial charge in [-0.25, -0.2) is 4.99 Å². The van der Waals surface area contributed by atoms with Crippen LogP contribution in [0.4, 0.5) is 17.8 Å². The Labute approximate surface area is 244 Å². The molecule has 0 spiro atoms. The molecule has 0 unspecified atom stereocenters. The number of hydrogen-bond donors (Lipinski definition) is 3. The lowest BCUT2D eigenvalue weighted by atomic mass is 10.2. The van der Waals surface area contributed by atoms with Gasteiger partial charge in [0.25, 0.3) is 17.7 Å². The Kier molecular flexibility index (Phi) is 7.46. The second-order valence-electron chi connectivity index (χ2n) is 9.05. The van der Waals surface area contributed by atoms with Crippen LogP contribution in [-0.2, 0) is 4.79 Å². The molecule has 0 fully saturated rings. The van der Waals surface area contributed by atoms with Crippen molar-refractivity contribution >= 4 is 47.5 Å². The van der Waals surface area contributed by atoms with Crippen LogP contribution in [0, 0.1) is 0 Å². The summed E-state index contributed by atoms with van der Waals surface area (Å²) < 4.78 is 5.37. The van der Waals surface area contributed by atoms with Gasteiger partial charge in [0.15, 0.2) is 5.84 Å². The molecule has 3 heterocycles. The van der Waals surface area contributed by atoms with E-state index in [1.54, 1.807) is 84.9 Å². The van der Waals surface area contributed by atoms with Gasteiger partial charge in [-0.1, -0.05) is 66.7 Å². The van der Waals surface area contributed by atoms with Crippen LogP contribution in [0.15, 0.2) is 124 Å². The van der Waals surface area contributed by atoms with Crippen molar-refractivity contribution in [2.75, 3.05) is 16.1 Å². The normalized spacial score (nSPS) is 13.5. The van der Waals surface area contributed by atoms with Crippen molar-refractivity contribution in [1.29, 1.82) is 0 Å². The summed E-state index contributed by atoms with van der Waals surface area (Å²) in [6.07, 6.45) is 3.00. The zero-order chi connectivity index (χ0) is 29.6. The van der Waals surface area contributed by atoms with E-state index in [2.05, 4.69) is 36.0 Å². The van der Waals surface area contributed by atoms with Crippen molar-refractivity contribution in [3.05, 3.63) is 138 Å². The fraction of sp³-hybridized carbons (Fsp3) is 0. The number of hydrazine groups is 1. The lowest BCUT2D eigenvalue weighted by molar-refractivity contribution is -0.121. The van der Waals surface area contributed by atoms with Crippen molar-refractivity contribution in [1.82, 2.24) is 20.0 Å². The van der Waals surface area contributed by atoms with Crippen molar-refractivity contribution < 1.29 is 18.8 Å². The molecule has 12 nitrogen and oxygen atoms in total. The number of benzene rings is 3. The largest absolute Gasteiger partial charge is 0.465 e. The highest BCUT2D eigenvalue weighted by atomic mass is 16.3. The topological polar surface area (TPSA) is 155 Å². The van der Waals surface area contributed by atoms with Gasteiger partial charge in [-0.3, -0.25) is 30.4 Å². The Hall–Kier alpha value is -6.43. The first kappa shape index (κ1) is 26.8. The summed E-state index contributed by atoms with van der Waals surface area (Å²) in [7, 11) is 0. The van der Waals surface area contributed by atoms with Crippen molar-refractivity contribution in [3.63, 3.8) is 0 Å². The third kappa shape index (κ3) is 6.18. The molecule has 3 amide bonds. The van der Waals surface area contributed by atoms with Crippen LogP contribution in [0.1, 0.15) is 32.0 Å². The quantitative estimate of drug-likeness (QED) is 0.228. The van der Waals surface area contributed by atoms with Gasteiger partial charge >= 0.3 is 0 Å². The smallest absolute Gasteiger partial charge is 0.297 e. The van der Waals surface area contributed by atoms with Crippen LogP contribution in [0.25, 0.3) is 6.08 Å². The van der Waals surface area contributed by atoms with E-state index in [9.17, 15) is 14.4 Å². The average molecular weight is 571 g/mol. The van der Waals surface area contributed by atoms with E-state index in [-0.39, 0.29) is 29.4 Å². The number of anilines is 3. The molecule has 3 aromatic carbocycles. The average Bonchev–Trinajstić information content (AvgIpc) is 3.66. The lowest BCUT2D eigenvalue weighted by Crippen LogP contribution is -2.38. The molecule has 1 aliphatic rings. The molecular weight excluding hydrogens is 548 g/mol. The van der Waals surface area contributed by atoms with E-state index in [1.165, 1.54) is 17.3 Å². The predicted octanol–water partition coefficient (Wildman–Crippen LogP) is 4.63. The third-order valence-electron chi connectivity index (χ3n) is 6.08. The molecule has 210 valence electrons. The zero-order valence-corrected chi connectivity index (χ0v) is 22.3. The minimum atomic E-state index is -0.514. The Bertz CT molecular complexity index is 1770. The monoisotopic (exact) mass is 570 g/mol. The standard InChI is InChI=1S/C31H22N8O4/c40-26(21-13-6-2-7-14-21)33-29-35-30(34-27(41)22-15-8-3-9-16-22)37-31(36-29)38-39-25(20-11-4-1-5-12-20)32-24(28(39)42)19-23-17-10-18-43-23/h1-19H,(H3,33,34,35,36,37,38,40,41)/b24-19+. The van der Waals surface area contributed by atoms with Crippen LogP contribution >= 0.6 is 0 Å². The molecule has 43 heavy (non-hydrogen) atoms. The Balaban J connectivity index is 1.35. The minimum Gasteiger partial charge on any atom is -0.465 e. The summed E-state index contributed by atoms with van der Waals surface area (Å²) in [6.45, 7) is 0. The van der Waals surface area contributed by atoms with E-state index in [0.717, 1.165) is 0 Å². The molecule has 0 saturated carbocycles. The minimum absolute atomic E-state index is 0.102. The first-order valence-corrected chi connectivity index (χ1v) is 13.0.